The van der Waals surface area contributed by atoms with Crippen LogP contribution in [0, 0.1) is 6.92 Å². The maximum Gasteiger partial charge on any atom is 0.232 e. The Balaban J connectivity index is 1.43. The van der Waals surface area contributed by atoms with Crippen LogP contribution in [0.2, 0.25) is 0 Å². The second kappa shape index (κ2) is 8.45. The maximum absolute atomic E-state index is 13.1. The molecule has 2 aliphatic heterocycles. The van der Waals surface area contributed by atoms with Crippen molar-refractivity contribution in [3.8, 4) is 17.2 Å². The lowest BCUT2D eigenvalue weighted by Crippen LogP contribution is -2.31. The normalized spacial score (nSPS) is 16.3. The molecule has 6 heteroatoms. The minimum atomic E-state index is -0.0875. The van der Waals surface area contributed by atoms with Gasteiger partial charge in [-0.3, -0.25) is 9.69 Å². The Morgan fingerprint density at radius 3 is 2.59 bits per heavy atom. The average molecular weight is 492 g/mol. The Morgan fingerprint density at radius 2 is 1.88 bits per heavy atom. The number of benzene rings is 3. The van der Waals surface area contributed by atoms with Crippen LogP contribution in [-0.2, 0) is 13.1 Å². The average Bonchev–Trinajstić information content (AvgIpc) is 3.13. The van der Waals surface area contributed by atoms with Crippen molar-refractivity contribution in [2.75, 3.05) is 13.8 Å². The number of ether oxygens (including phenoxy) is 3. The molecule has 162 valence electrons. The SMILES string of the molecule is COc1ccc(CN2COc3cc(C)c4c(c3C2)O/C(=C\c2ccc(Br)cc2)C4=O)cc1. The monoisotopic (exact) mass is 491 g/mol. The molecule has 0 bridgehead atoms. The number of allylic oxidation sites excluding steroid dienone is 1. The molecule has 5 nitrogen and oxygen atoms in total. The molecule has 0 amide bonds. The summed E-state index contributed by atoms with van der Waals surface area (Å²) in [6, 6.07) is 17.7. The summed E-state index contributed by atoms with van der Waals surface area (Å²) in [6.45, 7) is 3.77. The number of nitrogens with zero attached hydrogens (tertiary/aromatic N) is 1. The number of halogens is 1. The fourth-order valence-corrected chi connectivity index (χ4v) is 4.34. The Morgan fingerprint density at radius 1 is 1.12 bits per heavy atom. The predicted molar refractivity (Wildman–Crippen MR) is 126 cm³/mol. The molecule has 0 N–H and O–H groups in total. The number of carbonyl (C=O) groups excluding carboxylic acids is 1. The quantitative estimate of drug-likeness (QED) is 0.435. The molecule has 0 saturated carbocycles. The van der Waals surface area contributed by atoms with Crippen molar-refractivity contribution >= 4 is 27.8 Å². The van der Waals surface area contributed by atoms with Crippen molar-refractivity contribution in [2.45, 2.75) is 20.0 Å². The standard InChI is InChI=1S/C26H22BrNO4/c1-16-11-22-21(14-28(15-31-22)13-18-5-9-20(30-2)10-6-18)26-24(16)25(29)23(32-26)12-17-3-7-19(27)8-4-17/h3-12H,13-15H2,1-2H3/b23-12-. The highest BCUT2D eigenvalue weighted by Crippen LogP contribution is 2.44. The predicted octanol–water partition coefficient (Wildman–Crippen LogP) is 5.73. The zero-order valence-electron chi connectivity index (χ0n) is 17.9. The molecule has 0 unspecified atom stereocenters. The van der Waals surface area contributed by atoms with Gasteiger partial charge in [-0.2, -0.15) is 0 Å². The first kappa shape index (κ1) is 20.8. The van der Waals surface area contributed by atoms with E-state index in [0.29, 0.717) is 30.3 Å². The molecule has 0 aromatic heterocycles. The van der Waals surface area contributed by atoms with Gasteiger partial charge < -0.3 is 14.2 Å². The molecule has 0 spiro atoms. The Hall–Kier alpha value is -3.09. The molecular formula is C26H22BrNO4. The first-order valence-corrected chi connectivity index (χ1v) is 11.2. The van der Waals surface area contributed by atoms with Gasteiger partial charge in [-0.1, -0.05) is 40.2 Å². The van der Waals surface area contributed by atoms with Crippen LogP contribution in [0.15, 0.2) is 64.8 Å². The number of hydrogen-bond acceptors (Lipinski definition) is 5. The Kier molecular flexibility index (Phi) is 5.49. The van der Waals surface area contributed by atoms with Crippen molar-refractivity contribution in [2.24, 2.45) is 0 Å². The zero-order valence-corrected chi connectivity index (χ0v) is 19.4. The summed E-state index contributed by atoms with van der Waals surface area (Å²) in [5.41, 5.74) is 4.48. The van der Waals surface area contributed by atoms with Crippen LogP contribution >= 0.6 is 15.9 Å². The highest BCUT2D eigenvalue weighted by molar-refractivity contribution is 9.10. The van der Waals surface area contributed by atoms with Gasteiger partial charge in [-0.15, -0.1) is 0 Å². The van der Waals surface area contributed by atoms with Crippen LogP contribution in [0.5, 0.6) is 17.2 Å². The molecule has 2 heterocycles. The lowest BCUT2D eigenvalue weighted by molar-refractivity contribution is 0.0872. The lowest BCUT2D eigenvalue weighted by Gasteiger charge is -2.30. The zero-order chi connectivity index (χ0) is 22.2. The van der Waals surface area contributed by atoms with E-state index in [2.05, 4.69) is 20.8 Å². The van der Waals surface area contributed by atoms with Crippen molar-refractivity contribution < 1.29 is 19.0 Å². The molecule has 0 atom stereocenters. The van der Waals surface area contributed by atoms with Gasteiger partial charge in [0.1, 0.15) is 24.0 Å². The van der Waals surface area contributed by atoms with E-state index in [1.54, 1.807) is 13.2 Å². The van der Waals surface area contributed by atoms with E-state index >= 15 is 0 Å². The summed E-state index contributed by atoms with van der Waals surface area (Å²) >= 11 is 3.44. The van der Waals surface area contributed by atoms with Gasteiger partial charge in [-0.05, 0) is 60.0 Å². The summed E-state index contributed by atoms with van der Waals surface area (Å²) in [4.78, 5) is 15.3. The van der Waals surface area contributed by atoms with Gasteiger partial charge in [0.25, 0.3) is 0 Å². The number of ketones is 1. The van der Waals surface area contributed by atoms with Crippen LogP contribution < -0.4 is 14.2 Å². The van der Waals surface area contributed by atoms with Gasteiger partial charge in [0.15, 0.2) is 5.76 Å². The van der Waals surface area contributed by atoms with E-state index in [-0.39, 0.29) is 5.78 Å². The molecule has 3 aromatic carbocycles. The second-order valence-electron chi connectivity index (χ2n) is 7.97. The fraction of sp³-hybridized carbons (Fsp3) is 0.192. The topological polar surface area (TPSA) is 48.0 Å². The third-order valence-electron chi connectivity index (χ3n) is 5.72. The van der Waals surface area contributed by atoms with Crippen LogP contribution in [0.25, 0.3) is 6.08 Å². The molecule has 0 fully saturated rings. The first-order chi connectivity index (χ1) is 15.5. The molecule has 0 aliphatic carbocycles. The number of Topliss-reactive ketones (excluding diaryl/α,β-unsaturated/α-hetero) is 1. The minimum Gasteiger partial charge on any atom is -0.497 e. The van der Waals surface area contributed by atoms with Crippen molar-refractivity contribution in [3.63, 3.8) is 0 Å². The summed E-state index contributed by atoms with van der Waals surface area (Å²) in [5.74, 6) is 2.48. The molecule has 0 radical (unpaired) electrons. The van der Waals surface area contributed by atoms with Gasteiger partial charge in [0, 0.05) is 17.6 Å². The van der Waals surface area contributed by atoms with Crippen LogP contribution in [0.1, 0.15) is 32.6 Å². The number of aryl methyl sites for hydroxylation is 1. The Bertz CT molecular complexity index is 1220. The third-order valence-corrected chi connectivity index (χ3v) is 6.25. The van der Waals surface area contributed by atoms with E-state index in [9.17, 15) is 4.79 Å². The van der Waals surface area contributed by atoms with Crippen LogP contribution in [0.3, 0.4) is 0 Å². The van der Waals surface area contributed by atoms with Crippen molar-refractivity contribution in [1.29, 1.82) is 0 Å². The first-order valence-electron chi connectivity index (χ1n) is 10.4. The molecule has 5 rings (SSSR count). The summed E-state index contributed by atoms with van der Waals surface area (Å²) < 4.78 is 18.4. The lowest BCUT2D eigenvalue weighted by atomic mass is 9.98. The van der Waals surface area contributed by atoms with Gasteiger partial charge >= 0.3 is 0 Å². The van der Waals surface area contributed by atoms with E-state index in [1.165, 1.54) is 0 Å². The molecule has 32 heavy (non-hydrogen) atoms. The van der Waals surface area contributed by atoms with Crippen LogP contribution in [0.4, 0.5) is 0 Å². The van der Waals surface area contributed by atoms with Gasteiger partial charge in [0.05, 0.1) is 18.2 Å². The fourth-order valence-electron chi connectivity index (χ4n) is 4.08. The summed E-state index contributed by atoms with van der Waals surface area (Å²) in [6.07, 6.45) is 1.79. The maximum atomic E-state index is 13.1. The van der Waals surface area contributed by atoms with Gasteiger partial charge in [-0.25, -0.2) is 0 Å². The minimum absolute atomic E-state index is 0.0875. The number of rotatable bonds is 4. The number of fused-ring (bicyclic) bond motifs is 3. The third kappa shape index (κ3) is 3.92. The van der Waals surface area contributed by atoms with E-state index in [4.69, 9.17) is 14.2 Å². The van der Waals surface area contributed by atoms with Gasteiger partial charge in [0.2, 0.25) is 5.78 Å². The summed E-state index contributed by atoms with van der Waals surface area (Å²) in [7, 11) is 1.66. The molecular weight excluding hydrogens is 470 g/mol. The van der Waals surface area contributed by atoms with E-state index in [0.717, 1.165) is 44.8 Å². The summed E-state index contributed by atoms with van der Waals surface area (Å²) in [5, 5.41) is 0. The van der Waals surface area contributed by atoms with Crippen LogP contribution in [-0.4, -0.2) is 24.5 Å². The van der Waals surface area contributed by atoms with Crippen molar-refractivity contribution in [1.82, 2.24) is 4.90 Å². The number of hydrogen-bond donors (Lipinski definition) is 0. The highest BCUT2D eigenvalue weighted by atomic mass is 79.9. The molecule has 0 saturated heterocycles. The van der Waals surface area contributed by atoms with Crippen molar-refractivity contribution in [3.05, 3.63) is 92.6 Å². The molecule has 2 aliphatic rings. The number of methoxy groups -OCH3 is 1. The highest BCUT2D eigenvalue weighted by Gasteiger charge is 2.35. The largest absolute Gasteiger partial charge is 0.497 e. The smallest absolute Gasteiger partial charge is 0.232 e. The number of carbonyl (C=O) groups is 1. The van der Waals surface area contributed by atoms with E-state index < -0.39 is 0 Å². The van der Waals surface area contributed by atoms with E-state index in [1.807, 2.05) is 61.5 Å². The Labute approximate surface area is 195 Å². The molecule has 3 aromatic rings. The second-order valence-corrected chi connectivity index (χ2v) is 8.89.